The first-order valence-corrected chi connectivity index (χ1v) is 5.49. The van der Waals surface area contributed by atoms with Gasteiger partial charge in [0.2, 0.25) is 5.91 Å². The summed E-state index contributed by atoms with van der Waals surface area (Å²) in [7, 11) is 0. The van der Waals surface area contributed by atoms with E-state index in [1.165, 1.54) is 6.07 Å². The Morgan fingerprint density at radius 3 is 3.00 bits per heavy atom. The number of rotatable bonds is 3. The molecule has 0 aliphatic carbocycles. The molecule has 1 heterocycles. The van der Waals surface area contributed by atoms with Crippen molar-refractivity contribution in [2.75, 3.05) is 13.1 Å². The number of hydrogen-bond donors (Lipinski definition) is 2. The molecule has 16 heavy (non-hydrogen) atoms. The first kappa shape index (κ1) is 11.1. The summed E-state index contributed by atoms with van der Waals surface area (Å²) in [6.07, 6.45) is 0.864. The number of nitrogens with one attached hydrogen (secondary N) is 2. The van der Waals surface area contributed by atoms with E-state index in [-0.39, 0.29) is 24.2 Å². The zero-order valence-electron chi connectivity index (χ0n) is 9.00. The summed E-state index contributed by atoms with van der Waals surface area (Å²) in [5.41, 5.74) is 0.529. The third-order valence-corrected chi connectivity index (χ3v) is 2.84. The quantitative estimate of drug-likeness (QED) is 0.802. The van der Waals surface area contributed by atoms with Crippen molar-refractivity contribution in [3.05, 3.63) is 35.6 Å². The predicted molar refractivity (Wildman–Crippen MR) is 59.2 cm³/mol. The molecule has 1 saturated heterocycles. The SMILES string of the molecule is O=C(NCc1ccccc1F)[C@@H]1CCNC1. The number of amides is 1. The van der Waals surface area contributed by atoms with Crippen LogP contribution in [0.15, 0.2) is 24.3 Å². The minimum atomic E-state index is -0.271. The molecule has 2 N–H and O–H groups in total. The van der Waals surface area contributed by atoms with E-state index >= 15 is 0 Å². The minimum absolute atomic E-state index is 0.00764. The molecule has 1 fully saturated rings. The van der Waals surface area contributed by atoms with E-state index in [2.05, 4.69) is 10.6 Å². The Morgan fingerprint density at radius 1 is 1.50 bits per heavy atom. The number of carbonyl (C=O) groups excluding carboxylic acids is 1. The standard InChI is InChI=1S/C12H15FN2O/c13-11-4-2-1-3-9(11)8-15-12(16)10-5-6-14-7-10/h1-4,10,14H,5-8H2,(H,15,16)/t10-/m1/s1. The maximum absolute atomic E-state index is 13.3. The van der Waals surface area contributed by atoms with Gasteiger partial charge in [0.05, 0.1) is 5.92 Å². The van der Waals surface area contributed by atoms with Gasteiger partial charge in [0, 0.05) is 18.7 Å². The summed E-state index contributed by atoms with van der Waals surface area (Å²) in [6.45, 7) is 1.88. The molecular weight excluding hydrogens is 207 g/mol. The highest BCUT2D eigenvalue weighted by Gasteiger charge is 2.21. The van der Waals surface area contributed by atoms with Crippen molar-refractivity contribution in [1.82, 2.24) is 10.6 Å². The Morgan fingerprint density at radius 2 is 2.31 bits per heavy atom. The Kier molecular flexibility index (Phi) is 3.51. The molecule has 1 aromatic rings. The molecule has 0 radical (unpaired) electrons. The van der Waals surface area contributed by atoms with Crippen LogP contribution in [0.1, 0.15) is 12.0 Å². The second-order valence-electron chi connectivity index (χ2n) is 4.00. The molecule has 1 aromatic carbocycles. The van der Waals surface area contributed by atoms with Gasteiger partial charge in [0.1, 0.15) is 5.82 Å². The van der Waals surface area contributed by atoms with E-state index in [9.17, 15) is 9.18 Å². The third kappa shape index (κ3) is 2.58. The van der Waals surface area contributed by atoms with E-state index in [1.807, 2.05) is 0 Å². The van der Waals surface area contributed by atoms with Crippen LogP contribution >= 0.6 is 0 Å². The number of hydrogen-bond acceptors (Lipinski definition) is 2. The second kappa shape index (κ2) is 5.07. The fraction of sp³-hybridized carbons (Fsp3) is 0.417. The van der Waals surface area contributed by atoms with Crippen molar-refractivity contribution in [3.63, 3.8) is 0 Å². The monoisotopic (exact) mass is 222 g/mol. The second-order valence-corrected chi connectivity index (χ2v) is 4.00. The summed E-state index contributed by atoms with van der Waals surface area (Å²) in [5.74, 6) is -0.229. The van der Waals surface area contributed by atoms with Gasteiger partial charge in [-0.2, -0.15) is 0 Å². The molecule has 0 bridgehead atoms. The van der Waals surface area contributed by atoms with Gasteiger partial charge in [0.15, 0.2) is 0 Å². The van der Waals surface area contributed by atoms with Gasteiger partial charge in [-0.05, 0) is 19.0 Å². The van der Waals surface area contributed by atoms with Gasteiger partial charge >= 0.3 is 0 Å². The van der Waals surface area contributed by atoms with Crippen molar-refractivity contribution in [2.24, 2.45) is 5.92 Å². The average molecular weight is 222 g/mol. The van der Waals surface area contributed by atoms with Gasteiger partial charge in [-0.25, -0.2) is 4.39 Å². The summed E-state index contributed by atoms with van der Waals surface area (Å²) in [4.78, 5) is 11.7. The fourth-order valence-corrected chi connectivity index (χ4v) is 1.85. The van der Waals surface area contributed by atoms with Crippen LogP contribution in [-0.4, -0.2) is 19.0 Å². The van der Waals surface area contributed by atoms with Crippen LogP contribution < -0.4 is 10.6 Å². The molecule has 3 nitrogen and oxygen atoms in total. The molecule has 0 saturated carbocycles. The molecule has 1 amide bonds. The fourth-order valence-electron chi connectivity index (χ4n) is 1.85. The lowest BCUT2D eigenvalue weighted by Gasteiger charge is -2.10. The lowest BCUT2D eigenvalue weighted by molar-refractivity contribution is -0.124. The van der Waals surface area contributed by atoms with Gasteiger partial charge in [-0.1, -0.05) is 18.2 Å². The number of carbonyl (C=O) groups is 1. The highest BCUT2D eigenvalue weighted by Crippen LogP contribution is 2.09. The molecule has 4 heteroatoms. The van der Waals surface area contributed by atoms with E-state index in [0.717, 1.165) is 19.5 Å². The zero-order valence-corrected chi connectivity index (χ0v) is 9.00. The molecule has 0 aromatic heterocycles. The van der Waals surface area contributed by atoms with Crippen LogP contribution in [0.2, 0.25) is 0 Å². The van der Waals surface area contributed by atoms with Crippen LogP contribution in [-0.2, 0) is 11.3 Å². The molecule has 1 aliphatic heterocycles. The van der Waals surface area contributed by atoms with Gasteiger partial charge in [0.25, 0.3) is 0 Å². The average Bonchev–Trinajstić information content (AvgIpc) is 2.81. The van der Waals surface area contributed by atoms with Crippen molar-refractivity contribution >= 4 is 5.91 Å². The van der Waals surface area contributed by atoms with E-state index < -0.39 is 0 Å². The van der Waals surface area contributed by atoms with Crippen molar-refractivity contribution in [1.29, 1.82) is 0 Å². The molecule has 86 valence electrons. The van der Waals surface area contributed by atoms with Crippen LogP contribution in [0.4, 0.5) is 4.39 Å². The van der Waals surface area contributed by atoms with E-state index in [1.54, 1.807) is 18.2 Å². The van der Waals surface area contributed by atoms with Gasteiger partial charge < -0.3 is 10.6 Å². The summed E-state index contributed by atoms with van der Waals surface area (Å²) in [6, 6.07) is 6.49. The van der Waals surface area contributed by atoms with Crippen LogP contribution in [0.3, 0.4) is 0 Å². The lowest BCUT2D eigenvalue weighted by atomic mass is 10.1. The predicted octanol–water partition coefficient (Wildman–Crippen LogP) is 1.05. The molecule has 0 unspecified atom stereocenters. The Hall–Kier alpha value is -1.42. The van der Waals surface area contributed by atoms with Crippen molar-refractivity contribution < 1.29 is 9.18 Å². The van der Waals surface area contributed by atoms with E-state index in [4.69, 9.17) is 0 Å². The third-order valence-electron chi connectivity index (χ3n) is 2.84. The Labute approximate surface area is 94.0 Å². The largest absolute Gasteiger partial charge is 0.352 e. The van der Waals surface area contributed by atoms with Crippen molar-refractivity contribution in [3.8, 4) is 0 Å². The van der Waals surface area contributed by atoms with Crippen LogP contribution in [0, 0.1) is 11.7 Å². The molecule has 1 aliphatic rings. The minimum Gasteiger partial charge on any atom is -0.352 e. The topological polar surface area (TPSA) is 41.1 Å². The van der Waals surface area contributed by atoms with E-state index in [0.29, 0.717) is 5.56 Å². The molecular formula is C12H15FN2O. The normalized spacial score (nSPS) is 19.7. The molecule has 2 rings (SSSR count). The highest BCUT2D eigenvalue weighted by molar-refractivity contribution is 5.79. The maximum atomic E-state index is 13.3. The Bertz CT molecular complexity index is 375. The summed E-state index contributed by atoms with van der Waals surface area (Å²) < 4.78 is 13.3. The summed E-state index contributed by atoms with van der Waals surface area (Å²) >= 11 is 0. The van der Waals surface area contributed by atoms with Crippen LogP contribution in [0.5, 0.6) is 0 Å². The summed E-state index contributed by atoms with van der Waals surface area (Å²) in [5, 5.41) is 5.89. The number of benzene rings is 1. The first-order chi connectivity index (χ1) is 7.77. The van der Waals surface area contributed by atoms with Gasteiger partial charge in [-0.3, -0.25) is 4.79 Å². The smallest absolute Gasteiger partial charge is 0.224 e. The van der Waals surface area contributed by atoms with Crippen molar-refractivity contribution in [2.45, 2.75) is 13.0 Å². The molecule has 1 atom stereocenters. The number of halogens is 1. The molecule has 0 spiro atoms. The first-order valence-electron chi connectivity index (χ1n) is 5.49. The lowest BCUT2D eigenvalue weighted by Crippen LogP contribution is -2.31. The van der Waals surface area contributed by atoms with Gasteiger partial charge in [-0.15, -0.1) is 0 Å². The highest BCUT2D eigenvalue weighted by atomic mass is 19.1. The maximum Gasteiger partial charge on any atom is 0.224 e. The van der Waals surface area contributed by atoms with Crippen LogP contribution in [0.25, 0.3) is 0 Å². The zero-order chi connectivity index (χ0) is 11.4. The Balaban J connectivity index is 1.87.